The molecule has 1 aromatic carbocycles. The van der Waals surface area contributed by atoms with Crippen molar-refractivity contribution in [3.63, 3.8) is 0 Å². The average Bonchev–Trinajstić information content (AvgIpc) is 2.62. The molecule has 152 valence electrons. The molecule has 1 saturated heterocycles. The van der Waals surface area contributed by atoms with Crippen molar-refractivity contribution < 1.29 is 9.59 Å². The Morgan fingerprint density at radius 1 is 1.19 bits per heavy atom. The smallest absolute Gasteiger partial charge is 0.251 e. The molecule has 5 nitrogen and oxygen atoms in total. The highest BCUT2D eigenvalue weighted by Gasteiger charge is 2.22. The van der Waals surface area contributed by atoms with Gasteiger partial charge in [-0.3, -0.25) is 9.59 Å². The first-order valence-electron chi connectivity index (χ1n) is 9.74. The Balaban J connectivity index is 0.00000364. The van der Waals surface area contributed by atoms with Crippen molar-refractivity contribution >= 4 is 29.9 Å². The first kappa shape index (κ1) is 23.4. The van der Waals surface area contributed by atoms with Gasteiger partial charge in [-0.25, -0.2) is 0 Å². The molecule has 1 unspecified atom stereocenters. The van der Waals surface area contributed by atoms with E-state index < -0.39 is 0 Å². The van der Waals surface area contributed by atoms with Crippen LogP contribution in [-0.4, -0.2) is 30.4 Å². The number of halogens is 1. The van der Waals surface area contributed by atoms with E-state index >= 15 is 0 Å². The molecule has 1 heterocycles. The number of carbonyl (C=O) groups is 2. The summed E-state index contributed by atoms with van der Waals surface area (Å²) in [5.74, 6) is 0.961. The van der Waals surface area contributed by atoms with E-state index in [1.807, 2.05) is 20.8 Å². The minimum absolute atomic E-state index is 0. The van der Waals surface area contributed by atoms with Crippen LogP contribution in [0.15, 0.2) is 24.3 Å². The molecule has 0 bridgehead atoms. The molecule has 0 radical (unpaired) electrons. The van der Waals surface area contributed by atoms with Gasteiger partial charge >= 0.3 is 0 Å². The Morgan fingerprint density at radius 2 is 1.78 bits per heavy atom. The van der Waals surface area contributed by atoms with Crippen LogP contribution in [0, 0.1) is 11.8 Å². The molecule has 2 rings (SSSR count). The minimum atomic E-state index is -0.227. The van der Waals surface area contributed by atoms with Gasteiger partial charge in [0.05, 0.1) is 0 Å². The van der Waals surface area contributed by atoms with Crippen molar-refractivity contribution in [3.05, 3.63) is 29.8 Å². The standard InChI is InChI=1S/C21H33N3O2.ClH/c1-5-21(3,4)24-20(26)17-6-8-18(9-7-17)23-19(25)14-15(2)16-10-12-22-13-11-16;/h6-9,15-16,22H,5,10-14H2,1-4H3,(H,23,25)(H,24,26);1H. The maximum atomic E-state index is 12.3. The van der Waals surface area contributed by atoms with E-state index in [0.29, 0.717) is 23.8 Å². The first-order valence-corrected chi connectivity index (χ1v) is 9.74. The van der Waals surface area contributed by atoms with E-state index in [4.69, 9.17) is 0 Å². The molecule has 1 atom stereocenters. The lowest BCUT2D eigenvalue weighted by Gasteiger charge is -2.27. The molecular formula is C21H34ClN3O2. The monoisotopic (exact) mass is 395 g/mol. The van der Waals surface area contributed by atoms with E-state index in [2.05, 4.69) is 22.9 Å². The number of hydrogen-bond donors (Lipinski definition) is 3. The Kier molecular flexibility index (Phi) is 9.27. The summed E-state index contributed by atoms with van der Waals surface area (Å²) in [6, 6.07) is 7.10. The highest BCUT2D eigenvalue weighted by atomic mass is 35.5. The minimum Gasteiger partial charge on any atom is -0.347 e. The summed E-state index contributed by atoms with van der Waals surface area (Å²) in [4.78, 5) is 24.6. The maximum Gasteiger partial charge on any atom is 0.251 e. The van der Waals surface area contributed by atoms with Gasteiger partial charge in [-0.05, 0) is 82.3 Å². The summed E-state index contributed by atoms with van der Waals surface area (Å²) in [7, 11) is 0. The second-order valence-electron chi connectivity index (χ2n) is 8.09. The molecule has 2 amide bonds. The number of hydrogen-bond acceptors (Lipinski definition) is 3. The van der Waals surface area contributed by atoms with E-state index in [1.165, 1.54) is 0 Å². The summed E-state index contributed by atoms with van der Waals surface area (Å²) in [5.41, 5.74) is 1.11. The Hall–Kier alpha value is -1.59. The molecule has 1 aliphatic heterocycles. The van der Waals surface area contributed by atoms with Crippen molar-refractivity contribution in [3.8, 4) is 0 Å². The normalized spacial score (nSPS) is 16.1. The van der Waals surface area contributed by atoms with Crippen molar-refractivity contribution in [2.24, 2.45) is 11.8 Å². The van der Waals surface area contributed by atoms with Gasteiger partial charge in [-0.15, -0.1) is 12.4 Å². The van der Waals surface area contributed by atoms with Gasteiger partial charge in [-0.2, -0.15) is 0 Å². The Labute approximate surface area is 169 Å². The highest BCUT2D eigenvalue weighted by Crippen LogP contribution is 2.24. The third-order valence-electron chi connectivity index (χ3n) is 5.46. The molecule has 1 aromatic rings. The molecule has 0 aliphatic carbocycles. The molecule has 27 heavy (non-hydrogen) atoms. The highest BCUT2D eigenvalue weighted by molar-refractivity contribution is 5.96. The third kappa shape index (κ3) is 7.51. The van der Waals surface area contributed by atoms with Crippen LogP contribution in [0.25, 0.3) is 0 Å². The lowest BCUT2D eigenvalue weighted by molar-refractivity contribution is -0.117. The molecule has 6 heteroatoms. The second kappa shape index (κ2) is 10.7. The number of benzene rings is 1. The molecule has 1 fully saturated rings. The van der Waals surface area contributed by atoms with Crippen LogP contribution in [0.1, 0.15) is 63.7 Å². The molecule has 1 aliphatic rings. The quantitative estimate of drug-likeness (QED) is 0.653. The summed E-state index contributed by atoms with van der Waals surface area (Å²) in [6.45, 7) is 10.3. The number of piperidine rings is 1. The van der Waals surface area contributed by atoms with Gasteiger partial charge < -0.3 is 16.0 Å². The van der Waals surface area contributed by atoms with Gasteiger partial charge in [0.25, 0.3) is 5.91 Å². The number of nitrogens with one attached hydrogen (secondary N) is 3. The van der Waals surface area contributed by atoms with Crippen LogP contribution in [0.3, 0.4) is 0 Å². The second-order valence-corrected chi connectivity index (χ2v) is 8.09. The fourth-order valence-electron chi connectivity index (χ4n) is 3.26. The molecule has 0 aromatic heterocycles. The summed E-state index contributed by atoms with van der Waals surface area (Å²) >= 11 is 0. The number of amides is 2. The summed E-state index contributed by atoms with van der Waals surface area (Å²) < 4.78 is 0. The van der Waals surface area contributed by atoms with Crippen LogP contribution in [0.5, 0.6) is 0 Å². The molecule has 0 saturated carbocycles. The average molecular weight is 396 g/mol. The SMILES string of the molecule is CCC(C)(C)NC(=O)c1ccc(NC(=O)CC(C)C2CCNCC2)cc1.Cl. The summed E-state index contributed by atoms with van der Waals surface area (Å²) in [5, 5.41) is 9.33. The topological polar surface area (TPSA) is 70.2 Å². The van der Waals surface area contributed by atoms with Crippen LogP contribution in [0.2, 0.25) is 0 Å². The Morgan fingerprint density at radius 3 is 2.33 bits per heavy atom. The van der Waals surface area contributed by atoms with Crippen LogP contribution in [0.4, 0.5) is 5.69 Å². The lowest BCUT2D eigenvalue weighted by Crippen LogP contribution is -2.42. The van der Waals surface area contributed by atoms with Crippen molar-refractivity contribution in [1.82, 2.24) is 10.6 Å². The zero-order valence-electron chi connectivity index (χ0n) is 16.9. The van der Waals surface area contributed by atoms with Gasteiger partial charge in [0.2, 0.25) is 5.91 Å². The van der Waals surface area contributed by atoms with Crippen LogP contribution >= 0.6 is 12.4 Å². The fourth-order valence-corrected chi connectivity index (χ4v) is 3.26. The largest absolute Gasteiger partial charge is 0.347 e. The number of carbonyl (C=O) groups excluding carboxylic acids is 2. The zero-order chi connectivity index (χ0) is 19.2. The predicted molar refractivity (Wildman–Crippen MR) is 114 cm³/mol. The van der Waals surface area contributed by atoms with E-state index in [0.717, 1.165) is 38.0 Å². The van der Waals surface area contributed by atoms with Gasteiger partial charge in [0, 0.05) is 23.2 Å². The lowest BCUT2D eigenvalue weighted by atomic mass is 9.84. The molecular weight excluding hydrogens is 362 g/mol. The summed E-state index contributed by atoms with van der Waals surface area (Å²) in [6.07, 6.45) is 3.69. The van der Waals surface area contributed by atoms with Crippen molar-refractivity contribution in [2.45, 2.75) is 58.9 Å². The van der Waals surface area contributed by atoms with Crippen molar-refractivity contribution in [1.29, 1.82) is 0 Å². The van der Waals surface area contributed by atoms with E-state index in [-0.39, 0.29) is 29.8 Å². The predicted octanol–water partition coefficient (Wildman–Crippen LogP) is 3.99. The number of anilines is 1. The van der Waals surface area contributed by atoms with Gasteiger partial charge in [0.1, 0.15) is 0 Å². The maximum absolute atomic E-state index is 12.3. The fraction of sp³-hybridized carbons (Fsp3) is 0.619. The van der Waals surface area contributed by atoms with Gasteiger partial charge in [0.15, 0.2) is 0 Å². The zero-order valence-corrected chi connectivity index (χ0v) is 17.7. The Bertz CT molecular complexity index is 610. The third-order valence-corrected chi connectivity index (χ3v) is 5.46. The van der Waals surface area contributed by atoms with Crippen molar-refractivity contribution in [2.75, 3.05) is 18.4 Å². The molecule has 3 N–H and O–H groups in total. The van der Waals surface area contributed by atoms with Crippen LogP contribution in [-0.2, 0) is 4.79 Å². The number of rotatable bonds is 7. The first-order chi connectivity index (χ1) is 12.3. The molecule has 0 spiro atoms. The van der Waals surface area contributed by atoms with E-state index in [9.17, 15) is 9.59 Å². The van der Waals surface area contributed by atoms with E-state index in [1.54, 1.807) is 24.3 Å². The van der Waals surface area contributed by atoms with Gasteiger partial charge in [-0.1, -0.05) is 13.8 Å². The van der Waals surface area contributed by atoms with Crippen LogP contribution < -0.4 is 16.0 Å².